The predicted octanol–water partition coefficient (Wildman–Crippen LogP) is 4.99. The molecule has 4 nitrogen and oxygen atoms in total. The number of carbonyl (C=O) groups is 1. The second-order valence-electron chi connectivity index (χ2n) is 6.20. The van der Waals surface area contributed by atoms with Crippen LogP contribution in [0.5, 0.6) is 0 Å². The third-order valence-corrected chi connectivity index (χ3v) is 6.17. The van der Waals surface area contributed by atoms with Crippen molar-refractivity contribution in [3.8, 4) is 0 Å². The molecule has 0 N–H and O–H groups in total. The van der Waals surface area contributed by atoms with Crippen LogP contribution >= 0.6 is 11.6 Å². The molecule has 27 heavy (non-hydrogen) atoms. The van der Waals surface area contributed by atoms with E-state index in [0.717, 1.165) is 15.4 Å². The fraction of sp³-hybridized carbons (Fsp3) is 0.0952. The SMILES string of the molecule is Cc1ccc(N(C(=O)c2ccccc2Cl)S(=O)(=O)c2ccc(C)cc2)cc1. The minimum absolute atomic E-state index is 0.0362. The summed E-state index contributed by atoms with van der Waals surface area (Å²) in [5, 5.41) is 0.193. The van der Waals surface area contributed by atoms with Crippen molar-refractivity contribution in [3.63, 3.8) is 0 Å². The minimum atomic E-state index is -4.12. The molecule has 0 aliphatic heterocycles. The molecule has 0 aliphatic carbocycles. The first-order valence-corrected chi connectivity index (χ1v) is 10.1. The predicted molar refractivity (Wildman–Crippen MR) is 108 cm³/mol. The zero-order valence-corrected chi connectivity index (χ0v) is 16.5. The normalized spacial score (nSPS) is 11.2. The summed E-state index contributed by atoms with van der Waals surface area (Å²) < 4.78 is 27.4. The summed E-state index contributed by atoms with van der Waals surface area (Å²) in [7, 11) is -4.12. The second kappa shape index (κ2) is 7.55. The smallest absolute Gasteiger partial charge is 0.268 e. The van der Waals surface area contributed by atoms with Crippen LogP contribution in [0.4, 0.5) is 5.69 Å². The first kappa shape index (κ1) is 19.1. The van der Waals surface area contributed by atoms with Crippen LogP contribution in [-0.4, -0.2) is 14.3 Å². The molecule has 0 saturated carbocycles. The highest BCUT2D eigenvalue weighted by Gasteiger charge is 2.32. The number of rotatable bonds is 4. The molecule has 138 valence electrons. The van der Waals surface area contributed by atoms with E-state index in [0.29, 0.717) is 0 Å². The summed E-state index contributed by atoms with van der Waals surface area (Å²) in [5.74, 6) is -0.704. The van der Waals surface area contributed by atoms with Gasteiger partial charge >= 0.3 is 0 Å². The van der Waals surface area contributed by atoms with Gasteiger partial charge in [-0.25, -0.2) is 8.42 Å². The Kier molecular flexibility index (Phi) is 5.35. The van der Waals surface area contributed by atoms with E-state index in [2.05, 4.69) is 0 Å². The number of anilines is 1. The Labute approximate surface area is 164 Å². The van der Waals surface area contributed by atoms with Gasteiger partial charge in [0.2, 0.25) is 0 Å². The number of amides is 1. The first-order valence-electron chi connectivity index (χ1n) is 8.28. The average Bonchev–Trinajstić information content (AvgIpc) is 2.64. The summed E-state index contributed by atoms with van der Waals surface area (Å²) in [5.41, 5.74) is 2.26. The molecule has 0 unspecified atom stereocenters. The van der Waals surface area contributed by atoms with Gasteiger partial charge in [-0.1, -0.05) is 59.1 Å². The van der Waals surface area contributed by atoms with Crippen LogP contribution in [0, 0.1) is 13.8 Å². The molecule has 0 heterocycles. The highest BCUT2D eigenvalue weighted by molar-refractivity contribution is 7.93. The molecule has 6 heteroatoms. The maximum absolute atomic E-state index is 13.3. The van der Waals surface area contributed by atoms with Crippen molar-refractivity contribution in [2.24, 2.45) is 0 Å². The van der Waals surface area contributed by atoms with Crippen molar-refractivity contribution in [1.29, 1.82) is 0 Å². The van der Waals surface area contributed by atoms with Gasteiger partial charge in [0.25, 0.3) is 15.9 Å². The lowest BCUT2D eigenvalue weighted by molar-refractivity contribution is 0.101. The number of hydrogen-bond acceptors (Lipinski definition) is 3. The molecule has 3 aromatic carbocycles. The van der Waals surface area contributed by atoms with Crippen molar-refractivity contribution < 1.29 is 13.2 Å². The average molecular weight is 400 g/mol. The first-order chi connectivity index (χ1) is 12.8. The van der Waals surface area contributed by atoms with Crippen LogP contribution in [0.1, 0.15) is 21.5 Å². The van der Waals surface area contributed by atoms with Gasteiger partial charge in [-0.2, -0.15) is 4.31 Å². The van der Waals surface area contributed by atoms with Crippen molar-refractivity contribution >= 4 is 33.2 Å². The fourth-order valence-corrected chi connectivity index (χ4v) is 4.23. The molecule has 0 bridgehead atoms. The van der Waals surface area contributed by atoms with Crippen LogP contribution in [0.2, 0.25) is 5.02 Å². The van der Waals surface area contributed by atoms with Gasteiger partial charge in [0, 0.05) is 0 Å². The molecular formula is C21H18ClNO3S. The molecule has 0 saturated heterocycles. The minimum Gasteiger partial charge on any atom is -0.268 e. The number of carbonyl (C=O) groups excluding carboxylic acids is 1. The Morgan fingerprint density at radius 2 is 1.33 bits per heavy atom. The van der Waals surface area contributed by atoms with Crippen LogP contribution in [-0.2, 0) is 10.0 Å². The van der Waals surface area contributed by atoms with Gasteiger partial charge in [-0.3, -0.25) is 4.79 Å². The quantitative estimate of drug-likeness (QED) is 0.620. The molecule has 0 radical (unpaired) electrons. The number of sulfonamides is 1. The third kappa shape index (κ3) is 3.89. The van der Waals surface area contributed by atoms with E-state index in [1.807, 2.05) is 13.8 Å². The maximum atomic E-state index is 13.3. The second-order valence-corrected chi connectivity index (χ2v) is 8.40. The van der Waals surface area contributed by atoms with Gasteiger partial charge < -0.3 is 0 Å². The lowest BCUT2D eigenvalue weighted by atomic mass is 10.2. The molecule has 0 aliphatic rings. The lowest BCUT2D eigenvalue weighted by Crippen LogP contribution is -2.37. The van der Waals surface area contributed by atoms with E-state index < -0.39 is 15.9 Å². The van der Waals surface area contributed by atoms with Crippen LogP contribution in [0.3, 0.4) is 0 Å². The van der Waals surface area contributed by atoms with E-state index in [4.69, 9.17) is 11.6 Å². The van der Waals surface area contributed by atoms with Gasteiger partial charge in [-0.05, 0) is 50.2 Å². The number of benzene rings is 3. The third-order valence-electron chi connectivity index (χ3n) is 4.12. The number of nitrogens with zero attached hydrogens (tertiary/aromatic N) is 1. The van der Waals surface area contributed by atoms with Crippen LogP contribution in [0.15, 0.2) is 77.7 Å². The van der Waals surface area contributed by atoms with E-state index in [-0.39, 0.29) is 21.2 Å². The molecule has 0 spiro atoms. The monoisotopic (exact) mass is 399 g/mol. The largest absolute Gasteiger partial charge is 0.273 e. The van der Waals surface area contributed by atoms with Crippen molar-refractivity contribution in [2.45, 2.75) is 18.7 Å². The Bertz CT molecular complexity index is 1080. The van der Waals surface area contributed by atoms with Crippen LogP contribution in [0.25, 0.3) is 0 Å². The number of hydrogen-bond donors (Lipinski definition) is 0. The van der Waals surface area contributed by atoms with Gasteiger partial charge in [0.1, 0.15) is 0 Å². The van der Waals surface area contributed by atoms with Crippen molar-refractivity contribution in [1.82, 2.24) is 0 Å². The lowest BCUT2D eigenvalue weighted by Gasteiger charge is -2.23. The van der Waals surface area contributed by atoms with E-state index in [1.165, 1.54) is 18.2 Å². The zero-order chi connectivity index (χ0) is 19.6. The number of aryl methyl sites for hydroxylation is 2. The summed E-state index contributed by atoms with van der Waals surface area (Å²) >= 11 is 6.15. The fourth-order valence-electron chi connectivity index (χ4n) is 2.61. The van der Waals surface area contributed by atoms with Gasteiger partial charge in [0.15, 0.2) is 0 Å². The van der Waals surface area contributed by atoms with Crippen LogP contribution < -0.4 is 4.31 Å². The molecule has 3 rings (SSSR count). The molecule has 3 aromatic rings. The van der Waals surface area contributed by atoms with Gasteiger partial charge in [0.05, 0.1) is 21.2 Å². The molecule has 0 atom stereocenters. The maximum Gasteiger partial charge on any atom is 0.273 e. The standard InChI is InChI=1S/C21H18ClNO3S/c1-15-7-11-17(12-8-15)23(21(24)19-5-3-4-6-20(19)22)27(25,26)18-13-9-16(2)10-14-18/h3-14H,1-2H3. The molecule has 0 fully saturated rings. The Balaban J connectivity index is 2.18. The van der Waals surface area contributed by atoms with E-state index in [9.17, 15) is 13.2 Å². The Morgan fingerprint density at radius 3 is 1.89 bits per heavy atom. The molecular weight excluding hydrogens is 382 g/mol. The topological polar surface area (TPSA) is 54.5 Å². The summed E-state index contributed by atoms with van der Waals surface area (Å²) in [6, 6.07) is 19.5. The highest BCUT2D eigenvalue weighted by atomic mass is 35.5. The highest BCUT2D eigenvalue weighted by Crippen LogP contribution is 2.28. The van der Waals surface area contributed by atoms with E-state index in [1.54, 1.807) is 54.6 Å². The molecule has 1 amide bonds. The zero-order valence-electron chi connectivity index (χ0n) is 14.9. The van der Waals surface area contributed by atoms with Crippen molar-refractivity contribution in [2.75, 3.05) is 4.31 Å². The Morgan fingerprint density at radius 1 is 0.815 bits per heavy atom. The summed E-state index contributed by atoms with van der Waals surface area (Å²) in [4.78, 5) is 13.2. The van der Waals surface area contributed by atoms with Crippen molar-refractivity contribution in [3.05, 3.63) is 94.5 Å². The molecule has 0 aromatic heterocycles. The summed E-state index contributed by atoms with van der Waals surface area (Å²) in [6.45, 7) is 3.75. The van der Waals surface area contributed by atoms with E-state index >= 15 is 0 Å². The Hall–Kier alpha value is -2.63. The van der Waals surface area contributed by atoms with Gasteiger partial charge in [-0.15, -0.1) is 0 Å². The summed E-state index contributed by atoms with van der Waals surface area (Å²) in [6.07, 6.45) is 0. The number of halogens is 1.